The first-order valence-electron chi connectivity index (χ1n) is 19.4. The summed E-state index contributed by atoms with van der Waals surface area (Å²) >= 11 is 0. The van der Waals surface area contributed by atoms with Crippen LogP contribution < -0.4 is 4.74 Å². The van der Waals surface area contributed by atoms with E-state index in [1.807, 2.05) is 0 Å². The van der Waals surface area contributed by atoms with Crippen molar-refractivity contribution in [3.8, 4) is 56.0 Å². The minimum absolute atomic E-state index is 0.554. The summed E-state index contributed by atoms with van der Waals surface area (Å²) in [5.41, 5.74) is 14.4. The van der Waals surface area contributed by atoms with E-state index in [2.05, 4.69) is 206 Å². The Morgan fingerprint density at radius 2 is 0.964 bits per heavy atom. The predicted molar refractivity (Wildman–Crippen MR) is 233 cm³/mol. The fourth-order valence-electron chi connectivity index (χ4n) is 9.88. The average Bonchev–Trinajstić information content (AvgIpc) is 3.59. The maximum absolute atomic E-state index is 6.51. The summed E-state index contributed by atoms with van der Waals surface area (Å²) in [6, 6.07) is 76.1. The molecule has 0 unspecified atom stereocenters. The van der Waals surface area contributed by atoms with E-state index in [0.717, 1.165) is 17.1 Å². The normalized spacial score (nSPS) is 13.3. The quantitative estimate of drug-likeness (QED) is 0.177. The van der Waals surface area contributed by atoms with Crippen LogP contribution in [-0.2, 0) is 5.41 Å². The lowest BCUT2D eigenvalue weighted by Gasteiger charge is -2.35. The smallest absolute Gasteiger partial charge is 0.135 e. The Bertz CT molecular complexity index is 3170. The lowest BCUT2D eigenvalue weighted by atomic mass is 9.66. The largest absolute Gasteiger partial charge is 0.456 e. The highest BCUT2D eigenvalue weighted by atomic mass is 16.5. The fourth-order valence-corrected chi connectivity index (χ4v) is 9.88. The second-order valence-corrected chi connectivity index (χ2v) is 15.2. The van der Waals surface area contributed by atoms with Gasteiger partial charge in [-0.1, -0.05) is 170 Å². The average molecular weight is 711 g/mol. The van der Waals surface area contributed by atoms with Crippen LogP contribution in [-0.4, -0.2) is 0 Å². The third-order valence-electron chi connectivity index (χ3n) is 12.3. The molecule has 0 radical (unpaired) electrons. The van der Waals surface area contributed by atoms with Crippen molar-refractivity contribution in [2.45, 2.75) is 5.41 Å². The van der Waals surface area contributed by atoms with Crippen molar-refractivity contribution in [2.75, 3.05) is 0 Å². The van der Waals surface area contributed by atoms with Crippen molar-refractivity contribution in [3.63, 3.8) is 0 Å². The van der Waals surface area contributed by atoms with Gasteiger partial charge in [-0.25, -0.2) is 0 Å². The molecule has 0 bridgehead atoms. The number of hydrogen-bond acceptors (Lipinski definition) is 1. The number of benzene rings is 10. The van der Waals surface area contributed by atoms with E-state index >= 15 is 0 Å². The van der Waals surface area contributed by atoms with Crippen LogP contribution >= 0.6 is 0 Å². The van der Waals surface area contributed by atoms with Crippen molar-refractivity contribution in [2.24, 2.45) is 0 Å². The first-order chi connectivity index (χ1) is 27.8. The van der Waals surface area contributed by atoms with Gasteiger partial charge in [-0.2, -0.15) is 0 Å². The van der Waals surface area contributed by atoms with Crippen LogP contribution in [0.3, 0.4) is 0 Å². The van der Waals surface area contributed by atoms with E-state index in [-0.39, 0.29) is 0 Å². The van der Waals surface area contributed by atoms with E-state index in [9.17, 15) is 0 Å². The van der Waals surface area contributed by atoms with Crippen LogP contribution in [0.2, 0.25) is 0 Å². The van der Waals surface area contributed by atoms with Gasteiger partial charge in [-0.05, 0) is 125 Å². The second-order valence-electron chi connectivity index (χ2n) is 15.2. The molecule has 0 N–H and O–H groups in total. The zero-order chi connectivity index (χ0) is 36.8. The highest BCUT2D eigenvalue weighted by Crippen LogP contribution is 2.60. The highest BCUT2D eigenvalue weighted by molar-refractivity contribution is 6.09. The Kier molecular flexibility index (Phi) is 6.62. The van der Waals surface area contributed by atoms with E-state index in [1.165, 1.54) is 93.5 Å². The maximum atomic E-state index is 6.51. The summed E-state index contributed by atoms with van der Waals surface area (Å²) in [5.74, 6) is 1.81. The van der Waals surface area contributed by atoms with Gasteiger partial charge in [0, 0.05) is 10.9 Å². The molecule has 1 aliphatic carbocycles. The lowest BCUT2D eigenvalue weighted by molar-refractivity contribution is 0.487. The van der Waals surface area contributed by atoms with Crippen LogP contribution in [0.15, 0.2) is 206 Å². The fraction of sp³-hybridized carbons (Fsp3) is 0.0182. The third kappa shape index (κ3) is 4.37. The zero-order valence-electron chi connectivity index (χ0n) is 30.5. The van der Waals surface area contributed by atoms with Gasteiger partial charge >= 0.3 is 0 Å². The van der Waals surface area contributed by atoms with Crippen LogP contribution in [0.5, 0.6) is 11.5 Å². The van der Waals surface area contributed by atoms with Gasteiger partial charge in [0.15, 0.2) is 0 Å². The molecule has 0 aromatic heterocycles. The number of ether oxygens (including phenoxy) is 1. The molecule has 0 saturated heterocycles. The van der Waals surface area contributed by atoms with E-state index in [0.29, 0.717) is 0 Å². The van der Waals surface area contributed by atoms with Crippen molar-refractivity contribution in [3.05, 3.63) is 229 Å². The minimum atomic E-state index is -0.554. The summed E-state index contributed by atoms with van der Waals surface area (Å²) in [6.45, 7) is 0. The van der Waals surface area contributed by atoms with Gasteiger partial charge < -0.3 is 4.74 Å². The Morgan fingerprint density at radius 1 is 0.339 bits per heavy atom. The van der Waals surface area contributed by atoms with Crippen molar-refractivity contribution >= 4 is 32.3 Å². The van der Waals surface area contributed by atoms with Gasteiger partial charge in [-0.15, -0.1) is 0 Å². The molecule has 0 saturated carbocycles. The van der Waals surface area contributed by atoms with Gasteiger partial charge in [0.2, 0.25) is 0 Å². The molecule has 10 aromatic rings. The van der Waals surface area contributed by atoms with Gasteiger partial charge in [0.1, 0.15) is 11.5 Å². The molecule has 2 aliphatic rings. The van der Waals surface area contributed by atoms with Crippen LogP contribution in [0.1, 0.15) is 22.3 Å². The second kappa shape index (κ2) is 11.9. The Labute approximate surface area is 325 Å². The molecule has 10 aromatic carbocycles. The van der Waals surface area contributed by atoms with Gasteiger partial charge in [0.05, 0.1) is 5.41 Å². The molecule has 1 heteroatoms. The summed E-state index contributed by atoms with van der Waals surface area (Å²) in [7, 11) is 0. The molecule has 1 nitrogen and oxygen atoms in total. The maximum Gasteiger partial charge on any atom is 0.135 e. The Balaban J connectivity index is 1.18. The molecule has 0 fully saturated rings. The zero-order valence-corrected chi connectivity index (χ0v) is 30.5. The molecule has 0 spiro atoms. The molecule has 1 aliphatic heterocycles. The van der Waals surface area contributed by atoms with Gasteiger partial charge in [0.25, 0.3) is 0 Å². The standard InChI is InChI=1S/C55H34O/c1-3-17-42(18-4-1)55(43-19-5-2-6-20-43)49-23-10-9-21-45(49)53-46(40-27-25-35-13-7-8-14-37(35)31-40)34-41-28-26-38(32-47(41)54(53)55)39-29-30-50-48(33-39)44-22-11-15-36-16-12-24-51(56-50)52(36)44/h1-34H. The van der Waals surface area contributed by atoms with Crippen molar-refractivity contribution in [1.82, 2.24) is 0 Å². The summed E-state index contributed by atoms with van der Waals surface area (Å²) < 4.78 is 6.51. The van der Waals surface area contributed by atoms with Gasteiger partial charge in [-0.3, -0.25) is 0 Å². The molecule has 12 rings (SSSR count). The molecule has 0 atom stereocenters. The monoisotopic (exact) mass is 710 g/mol. The number of rotatable bonds is 4. The molecular weight excluding hydrogens is 677 g/mol. The minimum Gasteiger partial charge on any atom is -0.456 e. The Morgan fingerprint density at radius 3 is 1.79 bits per heavy atom. The molecule has 0 amide bonds. The molecule has 56 heavy (non-hydrogen) atoms. The topological polar surface area (TPSA) is 9.23 Å². The van der Waals surface area contributed by atoms with Crippen LogP contribution in [0, 0.1) is 0 Å². The van der Waals surface area contributed by atoms with Crippen LogP contribution in [0.25, 0.3) is 76.8 Å². The number of hydrogen-bond donors (Lipinski definition) is 0. The molecule has 1 heterocycles. The first kappa shape index (κ1) is 31.2. The van der Waals surface area contributed by atoms with E-state index in [1.54, 1.807) is 0 Å². The number of fused-ring (bicyclic) bond motifs is 8. The Hall–Kier alpha value is -7.22. The molecule has 260 valence electrons. The van der Waals surface area contributed by atoms with Crippen molar-refractivity contribution < 1.29 is 4.74 Å². The van der Waals surface area contributed by atoms with E-state index in [4.69, 9.17) is 4.74 Å². The first-order valence-corrected chi connectivity index (χ1v) is 19.4. The van der Waals surface area contributed by atoms with E-state index < -0.39 is 5.41 Å². The van der Waals surface area contributed by atoms with Crippen LogP contribution in [0.4, 0.5) is 0 Å². The highest BCUT2D eigenvalue weighted by Gasteiger charge is 2.48. The lowest BCUT2D eigenvalue weighted by Crippen LogP contribution is -2.28. The van der Waals surface area contributed by atoms with Crippen molar-refractivity contribution in [1.29, 1.82) is 0 Å². The predicted octanol–water partition coefficient (Wildman–Crippen LogP) is 14.6. The molecular formula is C55H34O. The summed E-state index contributed by atoms with van der Waals surface area (Å²) in [5, 5.41) is 7.33. The SMILES string of the molecule is c1ccc(C2(c3ccccc3)c3ccccc3-c3c(-c4ccc5ccccc5c4)cc4ccc(-c5ccc6c(c5)-c5cccc7cccc(c57)O6)cc4c32)cc1. The summed E-state index contributed by atoms with van der Waals surface area (Å²) in [6.07, 6.45) is 0. The third-order valence-corrected chi connectivity index (χ3v) is 12.3. The summed E-state index contributed by atoms with van der Waals surface area (Å²) in [4.78, 5) is 0.